The van der Waals surface area contributed by atoms with Crippen LogP contribution in [-0.4, -0.2) is 0 Å². The third-order valence-corrected chi connectivity index (χ3v) is 4.09. The summed E-state index contributed by atoms with van der Waals surface area (Å²) in [7, 11) is 0. The van der Waals surface area contributed by atoms with Crippen LogP contribution in [0.2, 0.25) is 14.4 Å². The molecular weight excluding hydrogens is 297 g/mol. The number of hydrogen-bond acceptors (Lipinski definition) is 2. The first-order valence-electron chi connectivity index (χ1n) is 5.04. The lowest BCUT2D eigenvalue weighted by atomic mass is 10.2. The highest BCUT2D eigenvalue weighted by atomic mass is 35.5. The third kappa shape index (κ3) is 3.87. The summed E-state index contributed by atoms with van der Waals surface area (Å²) >= 11 is 19.4. The second-order valence-electron chi connectivity index (χ2n) is 3.55. The average molecular weight is 307 g/mol. The zero-order chi connectivity index (χ0) is 12.3. The fourth-order valence-electron chi connectivity index (χ4n) is 1.45. The number of benzene rings is 1. The van der Waals surface area contributed by atoms with Gasteiger partial charge in [0.15, 0.2) is 0 Å². The van der Waals surface area contributed by atoms with E-state index in [1.165, 1.54) is 4.88 Å². The third-order valence-electron chi connectivity index (χ3n) is 2.25. The molecule has 2 aromatic rings. The fourth-order valence-corrected chi connectivity index (χ4v) is 2.88. The van der Waals surface area contributed by atoms with E-state index in [1.807, 2.05) is 24.3 Å². The number of halogens is 3. The van der Waals surface area contributed by atoms with Crippen molar-refractivity contribution in [3.05, 3.63) is 55.2 Å². The minimum absolute atomic E-state index is 0.689. The maximum Gasteiger partial charge on any atom is 0.0931 e. The minimum Gasteiger partial charge on any atom is -0.308 e. The predicted molar refractivity (Wildman–Crippen MR) is 76.3 cm³/mol. The van der Waals surface area contributed by atoms with Gasteiger partial charge in [-0.25, -0.2) is 0 Å². The molecule has 1 N–H and O–H groups in total. The molecule has 1 heterocycles. The largest absolute Gasteiger partial charge is 0.308 e. The molecular formula is C12H10Cl3NS. The maximum absolute atomic E-state index is 6.06. The van der Waals surface area contributed by atoms with Gasteiger partial charge in [-0.1, -0.05) is 34.8 Å². The van der Waals surface area contributed by atoms with Crippen LogP contribution in [0.1, 0.15) is 10.4 Å². The van der Waals surface area contributed by atoms with Gasteiger partial charge in [-0.2, -0.15) is 0 Å². The molecule has 17 heavy (non-hydrogen) atoms. The highest BCUT2D eigenvalue weighted by Crippen LogP contribution is 2.22. The van der Waals surface area contributed by atoms with E-state index in [9.17, 15) is 0 Å². The Bertz CT molecular complexity index is 510. The zero-order valence-electron chi connectivity index (χ0n) is 8.84. The van der Waals surface area contributed by atoms with Gasteiger partial charge in [0.1, 0.15) is 0 Å². The smallest absolute Gasteiger partial charge is 0.0931 e. The van der Waals surface area contributed by atoms with Gasteiger partial charge < -0.3 is 5.32 Å². The SMILES string of the molecule is Clc1ccc(Cl)c(CNCc2ccc(Cl)s2)c1. The molecule has 0 radical (unpaired) electrons. The molecule has 0 saturated carbocycles. The second-order valence-corrected chi connectivity index (χ2v) is 6.19. The summed E-state index contributed by atoms with van der Waals surface area (Å²) in [5, 5.41) is 4.74. The van der Waals surface area contributed by atoms with Gasteiger partial charge >= 0.3 is 0 Å². The summed E-state index contributed by atoms with van der Waals surface area (Å²) in [6, 6.07) is 9.38. The molecule has 0 fully saturated rings. The molecule has 0 saturated heterocycles. The predicted octanol–water partition coefficient (Wildman–Crippen LogP) is 5.00. The molecule has 0 unspecified atom stereocenters. The van der Waals surface area contributed by atoms with Gasteiger partial charge in [-0.05, 0) is 35.9 Å². The summed E-state index contributed by atoms with van der Waals surface area (Å²) in [6.45, 7) is 1.47. The molecule has 0 aliphatic carbocycles. The van der Waals surface area contributed by atoms with Crippen LogP contribution in [0.4, 0.5) is 0 Å². The fraction of sp³-hybridized carbons (Fsp3) is 0.167. The Labute approximate surface area is 119 Å². The molecule has 1 aromatic heterocycles. The van der Waals surface area contributed by atoms with Crippen molar-refractivity contribution in [3.8, 4) is 0 Å². The van der Waals surface area contributed by atoms with E-state index < -0.39 is 0 Å². The number of thiophene rings is 1. The molecule has 0 aliphatic heterocycles. The summed E-state index contributed by atoms with van der Waals surface area (Å²) in [4.78, 5) is 1.20. The number of nitrogens with one attached hydrogen (secondary N) is 1. The van der Waals surface area contributed by atoms with Crippen molar-refractivity contribution >= 4 is 46.1 Å². The summed E-state index contributed by atoms with van der Waals surface area (Å²) < 4.78 is 0.808. The number of rotatable bonds is 4. The Kier molecular flexibility index (Phi) is 4.71. The van der Waals surface area contributed by atoms with Crippen LogP contribution in [0.15, 0.2) is 30.3 Å². The Morgan fingerprint density at radius 2 is 1.82 bits per heavy atom. The highest BCUT2D eigenvalue weighted by Gasteiger charge is 2.02. The Balaban J connectivity index is 1.91. The normalized spacial score (nSPS) is 10.8. The molecule has 1 aromatic carbocycles. The van der Waals surface area contributed by atoms with Crippen LogP contribution in [0, 0.1) is 0 Å². The molecule has 0 bridgehead atoms. The average Bonchev–Trinajstić information content (AvgIpc) is 2.69. The van der Waals surface area contributed by atoms with Crippen LogP contribution < -0.4 is 5.32 Å². The topological polar surface area (TPSA) is 12.0 Å². The molecule has 0 amide bonds. The quantitative estimate of drug-likeness (QED) is 0.838. The maximum atomic E-state index is 6.06. The monoisotopic (exact) mass is 305 g/mol. The molecule has 0 spiro atoms. The molecule has 90 valence electrons. The summed E-state index contributed by atoms with van der Waals surface area (Å²) in [5.74, 6) is 0. The molecule has 1 nitrogen and oxygen atoms in total. The van der Waals surface area contributed by atoms with Crippen molar-refractivity contribution in [2.24, 2.45) is 0 Å². The van der Waals surface area contributed by atoms with E-state index in [0.29, 0.717) is 11.6 Å². The minimum atomic E-state index is 0.689. The van der Waals surface area contributed by atoms with E-state index in [1.54, 1.807) is 17.4 Å². The van der Waals surface area contributed by atoms with Gasteiger partial charge in [-0.15, -0.1) is 11.3 Å². The van der Waals surface area contributed by atoms with Crippen molar-refractivity contribution in [2.45, 2.75) is 13.1 Å². The van der Waals surface area contributed by atoms with Gasteiger partial charge in [-0.3, -0.25) is 0 Å². The Hall–Kier alpha value is -0.250. The van der Waals surface area contributed by atoms with Crippen molar-refractivity contribution in [3.63, 3.8) is 0 Å². The van der Waals surface area contributed by atoms with Gasteiger partial charge in [0, 0.05) is 28.0 Å². The Morgan fingerprint density at radius 3 is 2.53 bits per heavy atom. The van der Waals surface area contributed by atoms with Crippen LogP contribution in [0.5, 0.6) is 0 Å². The zero-order valence-corrected chi connectivity index (χ0v) is 11.9. The van der Waals surface area contributed by atoms with E-state index in [-0.39, 0.29) is 0 Å². The van der Waals surface area contributed by atoms with Gasteiger partial charge in [0.25, 0.3) is 0 Å². The van der Waals surface area contributed by atoms with Crippen molar-refractivity contribution in [2.75, 3.05) is 0 Å². The lowest BCUT2D eigenvalue weighted by Crippen LogP contribution is -2.12. The Morgan fingerprint density at radius 1 is 1.00 bits per heavy atom. The molecule has 0 atom stereocenters. The van der Waals surface area contributed by atoms with Crippen molar-refractivity contribution in [1.82, 2.24) is 5.32 Å². The first kappa shape index (κ1) is 13.2. The summed E-state index contributed by atoms with van der Waals surface area (Å²) in [6.07, 6.45) is 0. The van der Waals surface area contributed by atoms with Gasteiger partial charge in [0.2, 0.25) is 0 Å². The van der Waals surface area contributed by atoms with Crippen molar-refractivity contribution < 1.29 is 0 Å². The van der Waals surface area contributed by atoms with E-state index >= 15 is 0 Å². The molecule has 2 rings (SSSR count). The number of hydrogen-bond donors (Lipinski definition) is 1. The van der Waals surface area contributed by atoms with Crippen molar-refractivity contribution in [1.29, 1.82) is 0 Å². The highest BCUT2D eigenvalue weighted by molar-refractivity contribution is 7.16. The lowest BCUT2D eigenvalue weighted by molar-refractivity contribution is 0.701. The van der Waals surface area contributed by atoms with E-state index in [2.05, 4.69) is 5.32 Å². The van der Waals surface area contributed by atoms with Crippen LogP contribution >= 0.6 is 46.1 Å². The van der Waals surface area contributed by atoms with Crippen LogP contribution in [-0.2, 0) is 13.1 Å². The standard InChI is InChI=1S/C12H10Cl3NS/c13-9-1-3-11(14)8(5-9)6-16-7-10-2-4-12(15)17-10/h1-5,16H,6-7H2. The van der Waals surface area contributed by atoms with Crippen LogP contribution in [0.3, 0.4) is 0 Å². The van der Waals surface area contributed by atoms with Gasteiger partial charge in [0.05, 0.1) is 4.34 Å². The summed E-state index contributed by atoms with van der Waals surface area (Å²) in [5.41, 5.74) is 1.00. The first-order chi connectivity index (χ1) is 8.15. The first-order valence-corrected chi connectivity index (χ1v) is 6.99. The molecule has 0 aliphatic rings. The van der Waals surface area contributed by atoms with E-state index in [4.69, 9.17) is 34.8 Å². The van der Waals surface area contributed by atoms with E-state index in [0.717, 1.165) is 21.5 Å². The second kappa shape index (κ2) is 6.07. The van der Waals surface area contributed by atoms with Crippen LogP contribution in [0.25, 0.3) is 0 Å². The molecule has 5 heteroatoms. The lowest BCUT2D eigenvalue weighted by Gasteiger charge is -2.06.